The number of benzene rings is 2. The topological polar surface area (TPSA) is 86.3 Å². The third kappa shape index (κ3) is 3.44. The van der Waals surface area contributed by atoms with E-state index in [1.807, 2.05) is 0 Å². The van der Waals surface area contributed by atoms with E-state index in [1.54, 1.807) is 36.4 Å². The SMILES string of the molecule is COc1ccccc1C1=C(Nc2cc(OC)c(OC)c(OC)c2)C(=O)N(C)C1=O. The summed E-state index contributed by atoms with van der Waals surface area (Å²) in [5.41, 5.74) is 1.38. The second-order valence-electron chi connectivity index (χ2n) is 6.16. The molecule has 0 unspecified atom stereocenters. The van der Waals surface area contributed by atoms with Crippen molar-refractivity contribution in [2.45, 2.75) is 0 Å². The van der Waals surface area contributed by atoms with Gasteiger partial charge in [0.2, 0.25) is 5.75 Å². The summed E-state index contributed by atoms with van der Waals surface area (Å²) in [7, 11) is 7.45. The number of nitrogens with one attached hydrogen (secondary N) is 1. The molecule has 0 saturated heterocycles. The van der Waals surface area contributed by atoms with Gasteiger partial charge in [-0.1, -0.05) is 18.2 Å². The first-order valence-electron chi connectivity index (χ1n) is 8.73. The molecular formula is C21H22N2O6. The molecular weight excluding hydrogens is 376 g/mol. The molecule has 29 heavy (non-hydrogen) atoms. The van der Waals surface area contributed by atoms with Gasteiger partial charge in [0, 0.05) is 30.4 Å². The molecule has 0 atom stereocenters. The molecule has 0 saturated carbocycles. The Kier molecular flexibility index (Phi) is 5.63. The molecule has 1 aliphatic heterocycles. The molecule has 1 N–H and O–H groups in total. The maximum atomic E-state index is 12.8. The van der Waals surface area contributed by atoms with Crippen LogP contribution < -0.4 is 24.3 Å². The number of carbonyl (C=O) groups excluding carboxylic acids is 2. The second-order valence-corrected chi connectivity index (χ2v) is 6.16. The summed E-state index contributed by atoms with van der Waals surface area (Å²) in [6, 6.07) is 10.3. The standard InChI is InChI=1S/C21H22N2O6/c1-23-20(24)17(13-8-6-7-9-14(13)26-2)18(21(23)25)22-12-10-15(27-3)19(29-5)16(11-12)28-4/h6-11,22H,1-5H3. The van der Waals surface area contributed by atoms with Crippen LogP contribution in [0.4, 0.5) is 5.69 Å². The van der Waals surface area contributed by atoms with E-state index in [-0.39, 0.29) is 11.3 Å². The van der Waals surface area contributed by atoms with Gasteiger partial charge in [0.1, 0.15) is 11.4 Å². The molecule has 0 bridgehead atoms. The highest BCUT2D eigenvalue weighted by atomic mass is 16.5. The fourth-order valence-electron chi connectivity index (χ4n) is 3.16. The number of hydrogen-bond donors (Lipinski definition) is 1. The zero-order chi connectivity index (χ0) is 21.1. The number of amides is 2. The van der Waals surface area contributed by atoms with E-state index in [1.165, 1.54) is 35.5 Å². The summed E-state index contributed by atoms with van der Waals surface area (Å²) in [5.74, 6) is 0.866. The van der Waals surface area contributed by atoms with Crippen LogP contribution in [0.2, 0.25) is 0 Å². The third-order valence-electron chi connectivity index (χ3n) is 4.60. The van der Waals surface area contributed by atoms with Crippen molar-refractivity contribution in [2.24, 2.45) is 0 Å². The minimum absolute atomic E-state index is 0.135. The lowest BCUT2D eigenvalue weighted by Gasteiger charge is -2.16. The molecule has 152 valence electrons. The van der Waals surface area contributed by atoms with Gasteiger partial charge in [-0.15, -0.1) is 0 Å². The largest absolute Gasteiger partial charge is 0.496 e. The van der Waals surface area contributed by atoms with E-state index >= 15 is 0 Å². The molecule has 2 aromatic carbocycles. The normalized spacial score (nSPS) is 13.6. The summed E-state index contributed by atoms with van der Waals surface area (Å²) in [5, 5.41) is 3.05. The van der Waals surface area contributed by atoms with Crippen molar-refractivity contribution in [3.63, 3.8) is 0 Å². The van der Waals surface area contributed by atoms with Crippen LogP contribution in [0.25, 0.3) is 5.57 Å². The molecule has 0 aliphatic carbocycles. The van der Waals surface area contributed by atoms with Gasteiger partial charge in [0.05, 0.1) is 34.0 Å². The first-order valence-corrected chi connectivity index (χ1v) is 8.73. The molecule has 0 spiro atoms. The fourth-order valence-corrected chi connectivity index (χ4v) is 3.16. The Labute approximate surface area is 168 Å². The number of rotatable bonds is 7. The van der Waals surface area contributed by atoms with Gasteiger partial charge in [-0.25, -0.2) is 0 Å². The number of nitrogens with zero attached hydrogens (tertiary/aromatic N) is 1. The van der Waals surface area contributed by atoms with Gasteiger partial charge in [-0.05, 0) is 6.07 Å². The number of imide groups is 1. The zero-order valence-corrected chi connectivity index (χ0v) is 16.9. The zero-order valence-electron chi connectivity index (χ0n) is 16.9. The lowest BCUT2D eigenvalue weighted by molar-refractivity contribution is -0.135. The lowest BCUT2D eigenvalue weighted by atomic mass is 10.0. The fraction of sp³-hybridized carbons (Fsp3) is 0.238. The van der Waals surface area contributed by atoms with Gasteiger partial charge in [0.15, 0.2) is 11.5 Å². The van der Waals surface area contributed by atoms with Crippen LogP contribution >= 0.6 is 0 Å². The van der Waals surface area contributed by atoms with Crippen molar-refractivity contribution in [2.75, 3.05) is 40.8 Å². The van der Waals surface area contributed by atoms with Gasteiger partial charge < -0.3 is 24.3 Å². The van der Waals surface area contributed by atoms with Crippen molar-refractivity contribution in [3.05, 3.63) is 47.7 Å². The van der Waals surface area contributed by atoms with Crippen molar-refractivity contribution < 1.29 is 28.5 Å². The van der Waals surface area contributed by atoms with E-state index < -0.39 is 11.8 Å². The maximum Gasteiger partial charge on any atom is 0.277 e. The second kappa shape index (κ2) is 8.14. The Morgan fingerprint density at radius 2 is 1.38 bits per heavy atom. The van der Waals surface area contributed by atoms with Crippen LogP contribution in [0.1, 0.15) is 5.56 Å². The Hall–Kier alpha value is -3.68. The molecule has 3 rings (SSSR count). The summed E-state index contributed by atoms with van der Waals surface area (Å²) < 4.78 is 21.4. The predicted molar refractivity (Wildman–Crippen MR) is 107 cm³/mol. The average molecular weight is 398 g/mol. The highest BCUT2D eigenvalue weighted by Crippen LogP contribution is 2.41. The molecule has 0 aromatic heterocycles. The molecule has 2 amide bonds. The Balaban J connectivity index is 2.15. The van der Waals surface area contributed by atoms with Gasteiger partial charge in [-0.2, -0.15) is 0 Å². The van der Waals surface area contributed by atoms with E-state index in [0.717, 1.165) is 4.90 Å². The first kappa shape index (κ1) is 20.1. The molecule has 1 heterocycles. The summed E-state index contributed by atoms with van der Waals surface area (Å²) in [6.45, 7) is 0. The lowest BCUT2D eigenvalue weighted by Crippen LogP contribution is -2.27. The van der Waals surface area contributed by atoms with E-state index in [0.29, 0.717) is 34.2 Å². The number of carbonyl (C=O) groups is 2. The number of anilines is 1. The summed E-state index contributed by atoms with van der Waals surface area (Å²) in [4.78, 5) is 26.7. The number of para-hydroxylation sites is 1. The maximum absolute atomic E-state index is 12.8. The minimum atomic E-state index is -0.454. The van der Waals surface area contributed by atoms with Crippen LogP contribution in [0.15, 0.2) is 42.1 Å². The number of ether oxygens (including phenoxy) is 4. The third-order valence-corrected chi connectivity index (χ3v) is 4.60. The van der Waals surface area contributed by atoms with Gasteiger partial charge in [-0.3, -0.25) is 14.5 Å². The summed E-state index contributed by atoms with van der Waals surface area (Å²) in [6.07, 6.45) is 0. The van der Waals surface area contributed by atoms with Crippen LogP contribution in [-0.4, -0.2) is 52.2 Å². The van der Waals surface area contributed by atoms with Crippen molar-refractivity contribution >= 4 is 23.1 Å². The van der Waals surface area contributed by atoms with Gasteiger partial charge >= 0.3 is 0 Å². The Bertz CT molecular complexity index is 973. The average Bonchev–Trinajstić information content (AvgIpc) is 2.96. The Morgan fingerprint density at radius 3 is 1.93 bits per heavy atom. The van der Waals surface area contributed by atoms with Crippen LogP contribution in [-0.2, 0) is 9.59 Å². The Morgan fingerprint density at radius 1 is 0.793 bits per heavy atom. The van der Waals surface area contributed by atoms with E-state index in [4.69, 9.17) is 18.9 Å². The number of likely N-dealkylation sites (N-methyl/N-ethyl adjacent to an activating group) is 1. The predicted octanol–water partition coefficient (Wildman–Crippen LogP) is 2.54. The molecule has 8 nitrogen and oxygen atoms in total. The molecule has 2 aromatic rings. The number of methoxy groups -OCH3 is 4. The highest BCUT2D eigenvalue weighted by Gasteiger charge is 2.38. The molecule has 8 heteroatoms. The van der Waals surface area contributed by atoms with Crippen LogP contribution in [0, 0.1) is 0 Å². The minimum Gasteiger partial charge on any atom is -0.496 e. The quantitative estimate of drug-likeness (QED) is 0.717. The van der Waals surface area contributed by atoms with Crippen molar-refractivity contribution in [1.82, 2.24) is 4.90 Å². The molecule has 1 aliphatic rings. The van der Waals surface area contributed by atoms with Crippen molar-refractivity contribution in [3.8, 4) is 23.0 Å². The smallest absolute Gasteiger partial charge is 0.277 e. The van der Waals surface area contributed by atoms with Crippen LogP contribution in [0.3, 0.4) is 0 Å². The first-order chi connectivity index (χ1) is 14.0. The highest BCUT2D eigenvalue weighted by molar-refractivity contribution is 6.36. The van der Waals surface area contributed by atoms with E-state index in [9.17, 15) is 9.59 Å². The van der Waals surface area contributed by atoms with E-state index in [2.05, 4.69) is 5.32 Å². The van der Waals surface area contributed by atoms with Crippen molar-refractivity contribution in [1.29, 1.82) is 0 Å². The van der Waals surface area contributed by atoms with Gasteiger partial charge in [0.25, 0.3) is 11.8 Å². The number of hydrogen-bond acceptors (Lipinski definition) is 7. The monoisotopic (exact) mass is 398 g/mol. The summed E-state index contributed by atoms with van der Waals surface area (Å²) >= 11 is 0. The molecule has 0 fully saturated rings. The van der Waals surface area contributed by atoms with Crippen LogP contribution in [0.5, 0.6) is 23.0 Å². The molecule has 0 radical (unpaired) electrons.